The number of carbonyl (C=O) groups is 1. The van der Waals surface area contributed by atoms with Gasteiger partial charge in [-0.05, 0) is 27.7 Å². The second-order valence-corrected chi connectivity index (χ2v) is 2.78. The second-order valence-electron chi connectivity index (χ2n) is 2.78. The fraction of sp³-hybridized carbons (Fsp3) is 0.545. The van der Waals surface area contributed by atoms with E-state index in [1.165, 1.54) is 12.2 Å². The number of carbonyl (C=O) groups excluding carboxylic acids is 1. The standard InChI is InChI=1S/C11H18O3/c1-5-13-9(3)7-11(12)8-10(4)14-6-2/h7-8H,5-6H2,1-4H3. The molecule has 0 aromatic carbocycles. The van der Waals surface area contributed by atoms with Gasteiger partial charge in [0.15, 0.2) is 5.78 Å². The maximum absolute atomic E-state index is 11.3. The SMILES string of the molecule is CCOC(C)=CC(=O)C=C(C)OCC. The zero-order valence-electron chi connectivity index (χ0n) is 9.29. The number of allylic oxidation sites excluding steroid dienone is 4. The van der Waals surface area contributed by atoms with E-state index in [0.29, 0.717) is 24.7 Å². The van der Waals surface area contributed by atoms with Crippen molar-refractivity contribution in [3.05, 3.63) is 23.7 Å². The number of hydrogen-bond acceptors (Lipinski definition) is 3. The average Bonchev–Trinajstić information content (AvgIpc) is 2.03. The Bertz CT molecular complexity index is 215. The molecule has 14 heavy (non-hydrogen) atoms. The highest BCUT2D eigenvalue weighted by Gasteiger charge is 1.97. The molecule has 0 fully saturated rings. The maximum atomic E-state index is 11.3. The first-order valence-corrected chi connectivity index (χ1v) is 4.76. The van der Waals surface area contributed by atoms with Gasteiger partial charge in [-0.3, -0.25) is 4.79 Å². The third-order valence-corrected chi connectivity index (χ3v) is 1.44. The molecule has 0 spiro atoms. The molecule has 0 aliphatic carbocycles. The largest absolute Gasteiger partial charge is 0.498 e. The predicted molar refractivity (Wildman–Crippen MR) is 55.8 cm³/mol. The molecule has 0 bridgehead atoms. The summed E-state index contributed by atoms with van der Waals surface area (Å²) >= 11 is 0. The van der Waals surface area contributed by atoms with Crippen LogP contribution in [0.15, 0.2) is 23.7 Å². The first-order valence-electron chi connectivity index (χ1n) is 4.76. The van der Waals surface area contributed by atoms with Crippen molar-refractivity contribution >= 4 is 5.78 Å². The summed E-state index contributed by atoms with van der Waals surface area (Å²) in [4.78, 5) is 11.3. The summed E-state index contributed by atoms with van der Waals surface area (Å²) in [6, 6.07) is 0. The molecule has 0 aliphatic rings. The third-order valence-electron chi connectivity index (χ3n) is 1.44. The van der Waals surface area contributed by atoms with Crippen molar-refractivity contribution in [3.63, 3.8) is 0 Å². The lowest BCUT2D eigenvalue weighted by Gasteiger charge is -2.02. The van der Waals surface area contributed by atoms with Crippen molar-refractivity contribution in [3.8, 4) is 0 Å². The van der Waals surface area contributed by atoms with E-state index >= 15 is 0 Å². The van der Waals surface area contributed by atoms with Crippen molar-refractivity contribution in [2.75, 3.05) is 13.2 Å². The normalized spacial score (nSPS) is 12.6. The van der Waals surface area contributed by atoms with E-state index in [1.54, 1.807) is 13.8 Å². The van der Waals surface area contributed by atoms with Gasteiger partial charge in [-0.15, -0.1) is 0 Å². The van der Waals surface area contributed by atoms with E-state index in [9.17, 15) is 4.79 Å². The van der Waals surface area contributed by atoms with Gasteiger partial charge in [-0.1, -0.05) is 0 Å². The Morgan fingerprint density at radius 3 is 1.64 bits per heavy atom. The summed E-state index contributed by atoms with van der Waals surface area (Å²) in [7, 11) is 0. The molecule has 0 amide bonds. The number of rotatable bonds is 6. The lowest BCUT2D eigenvalue weighted by atomic mass is 10.3. The topological polar surface area (TPSA) is 35.5 Å². The van der Waals surface area contributed by atoms with E-state index in [-0.39, 0.29) is 5.78 Å². The minimum absolute atomic E-state index is 0.109. The quantitative estimate of drug-likeness (QED) is 0.485. The van der Waals surface area contributed by atoms with Crippen molar-refractivity contribution in [1.82, 2.24) is 0 Å². The van der Waals surface area contributed by atoms with E-state index in [2.05, 4.69) is 0 Å². The van der Waals surface area contributed by atoms with E-state index < -0.39 is 0 Å². The number of ketones is 1. The van der Waals surface area contributed by atoms with Crippen LogP contribution in [0.2, 0.25) is 0 Å². The van der Waals surface area contributed by atoms with Gasteiger partial charge in [0.1, 0.15) is 0 Å². The molecule has 0 saturated carbocycles. The molecule has 0 unspecified atom stereocenters. The average molecular weight is 198 g/mol. The fourth-order valence-corrected chi connectivity index (χ4v) is 0.981. The first kappa shape index (κ1) is 12.8. The van der Waals surface area contributed by atoms with Gasteiger partial charge in [0.25, 0.3) is 0 Å². The Hall–Kier alpha value is -1.25. The molecule has 3 nitrogen and oxygen atoms in total. The zero-order valence-corrected chi connectivity index (χ0v) is 9.29. The van der Waals surface area contributed by atoms with Gasteiger partial charge in [-0.2, -0.15) is 0 Å². The Labute approximate surface area is 85.4 Å². The predicted octanol–water partition coefficient (Wildman–Crippen LogP) is 2.44. The molecular formula is C11H18O3. The fourth-order valence-electron chi connectivity index (χ4n) is 0.981. The lowest BCUT2D eigenvalue weighted by Crippen LogP contribution is -1.96. The van der Waals surface area contributed by atoms with Crippen LogP contribution in [0.1, 0.15) is 27.7 Å². The van der Waals surface area contributed by atoms with Crippen molar-refractivity contribution < 1.29 is 14.3 Å². The minimum Gasteiger partial charge on any atom is -0.498 e. The van der Waals surface area contributed by atoms with Gasteiger partial charge < -0.3 is 9.47 Å². The molecule has 0 N–H and O–H groups in total. The van der Waals surface area contributed by atoms with Crippen LogP contribution in [0, 0.1) is 0 Å². The van der Waals surface area contributed by atoms with Crippen LogP contribution in [-0.2, 0) is 14.3 Å². The Morgan fingerprint density at radius 1 is 1.00 bits per heavy atom. The lowest BCUT2D eigenvalue weighted by molar-refractivity contribution is -0.110. The molecule has 3 heteroatoms. The monoisotopic (exact) mass is 198 g/mol. The molecule has 0 atom stereocenters. The highest BCUT2D eigenvalue weighted by Crippen LogP contribution is 1.99. The maximum Gasteiger partial charge on any atom is 0.185 e. The summed E-state index contributed by atoms with van der Waals surface area (Å²) in [5, 5.41) is 0. The van der Waals surface area contributed by atoms with Crippen LogP contribution in [0.25, 0.3) is 0 Å². The molecule has 0 aliphatic heterocycles. The highest BCUT2D eigenvalue weighted by molar-refractivity contribution is 5.99. The van der Waals surface area contributed by atoms with Crippen molar-refractivity contribution in [2.24, 2.45) is 0 Å². The molecule has 0 heterocycles. The molecule has 0 rings (SSSR count). The van der Waals surface area contributed by atoms with Crippen LogP contribution in [0.3, 0.4) is 0 Å². The van der Waals surface area contributed by atoms with Gasteiger partial charge in [-0.25, -0.2) is 0 Å². The molecular weight excluding hydrogens is 180 g/mol. The second kappa shape index (κ2) is 7.18. The molecule has 0 saturated heterocycles. The van der Waals surface area contributed by atoms with E-state index in [4.69, 9.17) is 9.47 Å². The zero-order chi connectivity index (χ0) is 11.0. The van der Waals surface area contributed by atoms with Crippen LogP contribution in [0.5, 0.6) is 0 Å². The van der Waals surface area contributed by atoms with Gasteiger partial charge >= 0.3 is 0 Å². The highest BCUT2D eigenvalue weighted by atomic mass is 16.5. The van der Waals surface area contributed by atoms with Crippen LogP contribution in [-0.4, -0.2) is 19.0 Å². The van der Waals surface area contributed by atoms with Gasteiger partial charge in [0.2, 0.25) is 0 Å². The smallest absolute Gasteiger partial charge is 0.185 e. The summed E-state index contributed by atoms with van der Waals surface area (Å²) in [6.07, 6.45) is 2.90. The van der Waals surface area contributed by atoms with Crippen molar-refractivity contribution in [2.45, 2.75) is 27.7 Å². The molecule has 0 aromatic heterocycles. The summed E-state index contributed by atoms with van der Waals surface area (Å²) in [6.45, 7) is 8.41. The van der Waals surface area contributed by atoms with Gasteiger partial charge in [0.05, 0.1) is 24.7 Å². The third kappa shape index (κ3) is 6.29. The minimum atomic E-state index is -0.109. The Kier molecular flexibility index (Phi) is 6.54. The van der Waals surface area contributed by atoms with E-state index in [1.807, 2.05) is 13.8 Å². The molecule has 80 valence electrons. The van der Waals surface area contributed by atoms with Crippen LogP contribution in [0.4, 0.5) is 0 Å². The Morgan fingerprint density at radius 2 is 1.36 bits per heavy atom. The molecule has 0 radical (unpaired) electrons. The van der Waals surface area contributed by atoms with Crippen LogP contribution >= 0.6 is 0 Å². The summed E-state index contributed by atoms with van der Waals surface area (Å²) in [5.74, 6) is 1.14. The number of ether oxygens (including phenoxy) is 2. The Balaban J connectivity index is 4.21. The van der Waals surface area contributed by atoms with Crippen LogP contribution < -0.4 is 0 Å². The number of hydrogen-bond donors (Lipinski definition) is 0. The summed E-state index contributed by atoms with van der Waals surface area (Å²) in [5.41, 5.74) is 0. The first-order chi connectivity index (χ1) is 6.60. The van der Waals surface area contributed by atoms with Gasteiger partial charge in [0, 0.05) is 12.2 Å². The summed E-state index contributed by atoms with van der Waals surface area (Å²) < 4.78 is 10.2. The van der Waals surface area contributed by atoms with Crippen molar-refractivity contribution in [1.29, 1.82) is 0 Å². The molecule has 0 aromatic rings. The van der Waals surface area contributed by atoms with E-state index in [0.717, 1.165) is 0 Å².